The Morgan fingerprint density at radius 3 is 2.11 bits per heavy atom. The standard InChI is InChI=1S/C22H34F6N5O.C7H7N.C2H6.Rb/c1-6-9-19(34-5)15-32(7-2)13-16(3)14-33(20(29)31-30)11-8-10-18(22(26,27)28)12-17(4)21(23,24)25;1-6-4-2-3-5-7(6)8;1-2;/h8,10,12-13,19,30H,4,6-7,9,11,14-15H2,1-3,5H3,(H2,29,31);2-5,8H,1H2;1-2H3;/q-1;;;+1/b10-8+,16-13-,18-12+;;;. The molecule has 0 heterocycles. The van der Waals surface area contributed by atoms with E-state index in [0.29, 0.717) is 24.9 Å². The van der Waals surface area contributed by atoms with Gasteiger partial charge in [0.2, 0.25) is 0 Å². The molecule has 4 N–H and O–H groups in total. The van der Waals surface area contributed by atoms with Gasteiger partial charge in [0.05, 0.1) is 17.4 Å². The fourth-order valence-electron chi connectivity index (χ4n) is 3.42. The summed E-state index contributed by atoms with van der Waals surface area (Å²) in [6.45, 7) is 17.3. The number of alkyl halides is 6. The van der Waals surface area contributed by atoms with Gasteiger partial charge in [-0.2, -0.15) is 26.3 Å². The zero-order valence-electron chi connectivity index (χ0n) is 27.4. The van der Waals surface area contributed by atoms with Crippen molar-refractivity contribution in [2.24, 2.45) is 10.8 Å². The van der Waals surface area contributed by atoms with Gasteiger partial charge in [-0.1, -0.05) is 70.7 Å². The molecule has 1 aliphatic carbocycles. The van der Waals surface area contributed by atoms with Gasteiger partial charge in [-0.3, -0.25) is 0 Å². The Kier molecular flexibility index (Phi) is 26.6. The predicted molar refractivity (Wildman–Crippen MR) is 169 cm³/mol. The molecule has 1 aliphatic rings. The van der Waals surface area contributed by atoms with Crippen LogP contribution in [-0.2, 0) is 4.74 Å². The van der Waals surface area contributed by atoms with Crippen LogP contribution in [0.25, 0.3) is 5.84 Å². The van der Waals surface area contributed by atoms with Crippen LogP contribution in [0.1, 0.15) is 47.5 Å². The number of nitrogens with zero attached hydrogens (tertiary/aromatic N) is 3. The van der Waals surface area contributed by atoms with E-state index in [4.69, 9.17) is 21.7 Å². The summed E-state index contributed by atoms with van der Waals surface area (Å²) in [6, 6.07) is 0. The van der Waals surface area contributed by atoms with E-state index < -0.39 is 23.5 Å². The fourth-order valence-corrected chi connectivity index (χ4v) is 3.42. The maximum absolute atomic E-state index is 13.2. The molecule has 0 aromatic carbocycles. The zero-order valence-corrected chi connectivity index (χ0v) is 32.4. The number of methoxy groups -OCH3 is 1. The van der Waals surface area contributed by atoms with Gasteiger partial charge in [0.1, 0.15) is 0 Å². The van der Waals surface area contributed by atoms with E-state index >= 15 is 0 Å². The van der Waals surface area contributed by atoms with Gasteiger partial charge < -0.3 is 36.6 Å². The minimum Gasteiger partial charge on any atom is -0.614 e. The van der Waals surface area contributed by atoms with Gasteiger partial charge in [0.25, 0.3) is 0 Å². The van der Waals surface area contributed by atoms with Crippen molar-refractivity contribution < 1.29 is 89.3 Å². The van der Waals surface area contributed by atoms with Crippen molar-refractivity contribution in [2.45, 2.75) is 65.9 Å². The van der Waals surface area contributed by atoms with Crippen LogP contribution in [-0.4, -0.2) is 73.2 Å². The Morgan fingerprint density at radius 2 is 1.71 bits per heavy atom. The largest absolute Gasteiger partial charge is 1.00 e. The molecule has 0 aromatic rings. The van der Waals surface area contributed by atoms with Crippen LogP contribution in [0.5, 0.6) is 0 Å². The quantitative estimate of drug-likeness (QED) is 0.0865. The van der Waals surface area contributed by atoms with Gasteiger partial charge in [0, 0.05) is 38.9 Å². The molecule has 0 spiro atoms. The van der Waals surface area contributed by atoms with Gasteiger partial charge in [-0.05, 0) is 49.8 Å². The average Bonchev–Trinajstić information content (AvgIpc) is 2.96. The zero-order chi connectivity index (χ0) is 34.5. The third-order valence-electron chi connectivity index (χ3n) is 5.73. The van der Waals surface area contributed by atoms with E-state index in [2.05, 4.69) is 25.2 Å². The van der Waals surface area contributed by atoms with Gasteiger partial charge in [0.15, 0.2) is 5.96 Å². The number of guanidine groups is 1. The molecule has 7 nitrogen and oxygen atoms in total. The van der Waals surface area contributed by atoms with Gasteiger partial charge in [-0.15, -0.1) is 0 Å². The Bertz CT molecular complexity index is 1070. The summed E-state index contributed by atoms with van der Waals surface area (Å²) < 4.78 is 82.7. The monoisotopic (exact) mass is 718 g/mol. The van der Waals surface area contributed by atoms with Crippen molar-refractivity contribution in [3.63, 3.8) is 0 Å². The van der Waals surface area contributed by atoms with Crippen LogP contribution in [0, 0.1) is 5.41 Å². The summed E-state index contributed by atoms with van der Waals surface area (Å²) in [5, 5.41) is 10.3. The van der Waals surface area contributed by atoms with E-state index in [1.165, 1.54) is 4.90 Å². The summed E-state index contributed by atoms with van der Waals surface area (Å²) in [6.07, 6.45) is 2.46. The summed E-state index contributed by atoms with van der Waals surface area (Å²) in [5.41, 5.74) is 4.65. The summed E-state index contributed by atoms with van der Waals surface area (Å²) in [4.78, 5) is 3.35. The molecule has 0 amide bonds. The minimum absolute atomic E-state index is 0. The molecule has 0 aliphatic heterocycles. The maximum atomic E-state index is 13.2. The fraction of sp³-hybridized carbons (Fsp3) is 0.484. The molecule has 45 heavy (non-hydrogen) atoms. The van der Waals surface area contributed by atoms with Crippen molar-refractivity contribution in [2.75, 3.05) is 33.3 Å². The van der Waals surface area contributed by atoms with E-state index in [9.17, 15) is 26.3 Å². The number of likely N-dealkylation sites (N-methyl/N-ethyl adjacent to an activating group) is 1. The van der Waals surface area contributed by atoms with Gasteiger partial charge in [-0.25, -0.2) is 0 Å². The molecular formula is C31H47F6N6ORb. The molecule has 0 fully saturated rings. The number of halogens is 6. The van der Waals surface area contributed by atoms with Crippen molar-refractivity contribution in [1.82, 2.24) is 9.80 Å². The molecule has 250 valence electrons. The first kappa shape index (κ1) is 47.5. The Morgan fingerprint density at radius 1 is 1.13 bits per heavy atom. The first-order valence-corrected chi connectivity index (χ1v) is 14.0. The maximum Gasteiger partial charge on any atom is 1.00 e. The SMILES string of the molecule is C=C(/C=C(\C=C\CN(C/C(C)=C\N(CC)CC(CCC)OC)/C(N)=N/[NH-])C(F)(F)F)C(F)(F)F.C=C1C=CC=CC1=N.CC.[Rb+]. The number of nitrogens with one attached hydrogen (secondary N) is 2. The molecule has 0 radical (unpaired) electrons. The van der Waals surface area contributed by atoms with Gasteiger partial charge >= 0.3 is 70.5 Å². The summed E-state index contributed by atoms with van der Waals surface area (Å²) in [7, 11) is 1.64. The Labute approximate surface area is 313 Å². The van der Waals surface area contributed by atoms with Crippen molar-refractivity contribution >= 4 is 11.7 Å². The first-order chi connectivity index (χ1) is 20.5. The van der Waals surface area contributed by atoms with E-state index in [-0.39, 0.29) is 89.4 Å². The molecule has 1 atom stereocenters. The van der Waals surface area contributed by atoms with E-state index in [1.807, 2.05) is 50.1 Å². The first-order valence-electron chi connectivity index (χ1n) is 14.0. The second kappa shape index (κ2) is 25.2. The third-order valence-corrected chi connectivity index (χ3v) is 5.73. The number of rotatable bonds is 13. The minimum atomic E-state index is -5.02. The normalized spacial score (nSPS) is 14.6. The molecule has 1 unspecified atom stereocenters. The number of allylic oxidation sites excluding steroid dienone is 9. The van der Waals surface area contributed by atoms with Crippen LogP contribution in [0.2, 0.25) is 0 Å². The smallest absolute Gasteiger partial charge is 0.614 e. The molecule has 1 rings (SSSR count). The molecule has 0 saturated heterocycles. The number of hydrogen-bond acceptors (Lipinski definition) is 4. The van der Waals surface area contributed by atoms with Crippen molar-refractivity contribution in [3.05, 3.63) is 90.0 Å². The van der Waals surface area contributed by atoms with Crippen LogP contribution < -0.4 is 63.9 Å². The molecule has 0 bridgehead atoms. The van der Waals surface area contributed by atoms with Crippen LogP contribution in [0.4, 0.5) is 26.3 Å². The molecule has 0 saturated carbocycles. The van der Waals surface area contributed by atoms with E-state index in [1.54, 1.807) is 20.1 Å². The predicted octanol–water partition coefficient (Wildman–Crippen LogP) is 5.49. The number of ether oxygens (including phenoxy) is 1. The second-order valence-corrected chi connectivity index (χ2v) is 9.24. The summed E-state index contributed by atoms with van der Waals surface area (Å²) in [5.74, 6) is 6.88. The molecule has 14 heteroatoms. The summed E-state index contributed by atoms with van der Waals surface area (Å²) >= 11 is 0. The number of nitrogens with two attached hydrogens (primary N) is 1. The molecular weight excluding hydrogens is 672 g/mol. The van der Waals surface area contributed by atoms with Crippen molar-refractivity contribution in [3.8, 4) is 0 Å². The number of hydrogen-bond donors (Lipinski definition) is 2. The Balaban J connectivity index is -0.00000136. The van der Waals surface area contributed by atoms with Crippen molar-refractivity contribution in [1.29, 1.82) is 5.41 Å². The topological polar surface area (TPSA) is 102 Å². The third kappa shape index (κ3) is 21.5. The van der Waals surface area contributed by atoms with Crippen LogP contribution in [0.15, 0.2) is 89.3 Å². The second-order valence-electron chi connectivity index (χ2n) is 9.24. The van der Waals surface area contributed by atoms with Crippen LogP contribution in [0.3, 0.4) is 0 Å². The average molecular weight is 719 g/mol. The molecule has 0 aromatic heterocycles. The van der Waals surface area contributed by atoms with E-state index in [0.717, 1.165) is 30.1 Å². The van der Waals surface area contributed by atoms with Crippen LogP contribution >= 0.6 is 0 Å². The Hall–Kier alpha value is -1.93.